The molecule has 0 amide bonds. The molecular formula is C19H22F2N2O2. The SMILES string of the molecule is OC(COc1ccccc1F)CN1CCN(c2ccccc2F)CC1. The van der Waals surface area contributed by atoms with Crippen molar-refractivity contribution in [2.75, 3.05) is 44.2 Å². The molecule has 3 rings (SSSR count). The van der Waals surface area contributed by atoms with Crippen LogP contribution in [0.15, 0.2) is 48.5 Å². The quantitative estimate of drug-likeness (QED) is 0.870. The van der Waals surface area contributed by atoms with Crippen molar-refractivity contribution >= 4 is 5.69 Å². The standard InChI is InChI=1S/C19H22F2N2O2/c20-16-5-1-3-7-18(16)23-11-9-22(10-12-23)13-15(24)14-25-19-8-4-2-6-17(19)21/h1-8,15,24H,9-14H2. The number of hydrogen-bond acceptors (Lipinski definition) is 4. The first-order valence-corrected chi connectivity index (χ1v) is 8.40. The second-order valence-electron chi connectivity index (χ2n) is 6.13. The summed E-state index contributed by atoms with van der Waals surface area (Å²) < 4.78 is 32.7. The molecule has 25 heavy (non-hydrogen) atoms. The Balaban J connectivity index is 1.44. The van der Waals surface area contributed by atoms with Gasteiger partial charge in [-0.05, 0) is 24.3 Å². The van der Waals surface area contributed by atoms with E-state index in [9.17, 15) is 13.9 Å². The Labute approximate surface area is 146 Å². The number of para-hydroxylation sites is 2. The van der Waals surface area contributed by atoms with E-state index in [1.165, 1.54) is 18.2 Å². The van der Waals surface area contributed by atoms with Crippen LogP contribution in [0.3, 0.4) is 0 Å². The van der Waals surface area contributed by atoms with Crippen molar-refractivity contribution in [2.24, 2.45) is 0 Å². The molecule has 0 spiro atoms. The highest BCUT2D eigenvalue weighted by Gasteiger charge is 2.21. The van der Waals surface area contributed by atoms with Gasteiger partial charge in [0.15, 0.2) is 11.6 Å². The molecule has 4 nitrogen and oxygen atoms in total. The zero-order valence-electron chi connectivity index (χ0n) is 13.9. The fourth-order valence-corrected chi connectivity index (χ4v) is 2.98. The number of anilines is 1. The van der Waals surface area contributed by atoms with Gasteiger partial charge >= 0.3 is 0 Å². The van der Waals surface area contributed by atoms with Gasteiger partial charge in [0.05, 0.1) is 5.69 Å². The number of aliphatic hydroxyl groups excluding tert-OH is 1. The smallest absolute Gasteiger partial charge is 0.165 e. The monoisotopic (exact) mass is 348 g/mol. The van der Waals surface area contributed by atoms with E-state index in [4.69, 9.17) is 4.74 Å². The van der Waals surface area contributed by atoms with Crippen molar-refractivity contribution in [3.05, 3.63) is 60.2 Å². The van der Waals surface area contributed by atoms with Crippen LogP contribution < -0.4 is 9.64 Å². The number of β-amino-alcohol motifs (C(OH)–C–C–N with tert-alkyl or cyclic N) is 1. The number of benzene rings is 2. The van der Waals surface area contributed by atoms with Crippen LogP contribution >= 0.6 is 0 Å². The van der Waals surface area contributed by atoms with Crippen LogP contribution in [0.5, 0.6) is 5.75 Å². The van der Waals surface area contributed by atoms with Crippen molar-refractivity contribution in [3.63, 3.8) is 0 Å². The van der Waals surface area contributed by atoms with E-state index in [0.717, 1.165) is 13.1 Å². The average molecular weight is 348 g/mol. The lowest BCUT2D eigenvalue weighted by atomic mass is 10.2. The van der Waals surface area contributed by atoms with Gasteiger partial charge in [0.2, 0.25) is 0 Å². The summed E-state index contributed by atoms with van der Waals surface area (Å²) in [6.45, 7) is 3.33. The van der Waals surface area contributed by atoms with E-state index in [1.54, 1.807) is 24.3 Å². The molecule has 1 aliphatic heterocycles. The molecule has 1 atom stereocenters. The highest BCUT2D eigenvalue weighted by Crippen LogP contribution is 2.20. The lowest BCUT2D eigenvalue weighted by molar-refractivity contribution is 0.0649. The number of rotatable bonds is 6. The van der Waals surface area contributed by atoms with E-state index in [-0.39, 0.29) is 18.2 Å². The Morgan fingerprint density at radius 2 is 1.56 bits per heavy atom. The third-order valence-electron chi connectivity index (χ3n) is 4.30. The Kier molecular flexibility index (Phi) is 5.83. The van der Waals surface area contributed by atoms with Gasteiger partial charge in [0.1, 0.15) is 18.5 Å². The van der Waals surface area contributed by atoms with Crippen molar-refractivity contribution in [2.45, 2.75) is 6.10 Å². The Bertz CT molecular complexity index is 691. The molecule has 1 saturated heterocycles. The highest BCUT2D eigenvalue weighted by molar-refractivity contribution is 5.47. The highest BCUT2D eigenvalue weighted by atomic mass is 19.1. The van der Waals surface area contributed by atoms with E-state index >= 15 is 0 Å². The van der Waals surface area contributed by atoms with Gasteiger partial charge < -0.3 is 14.7 Å². The molecule has 2 aromatic rings. The minimum Gasteiger partial charge on any atom is -0.488 e. The van der Waals surface area contributed by atoms with Gasteiger partial charge in [-0.25, -0.2) is 8.78 Å². The summed E-state index contributed by atoms with van der Waals surface area (Å²) in [4.78, 5) is 4.11. The number of halogens is 2. The maximum Gasteiger partial charge on any atom is 0.165 e. The van der Waals surface area contributed by atoms with E-state index in [1.807, 2.05) is 11.0 Å². The lowest BCUT2D eigenvalue weighted by Crippen LogP contribution is -2.49. The number of hydrogen-bond donors (Lipinski definition) is 1. The third kappa shape index (κ3) is 4.67. The minimum absolute atomic E-state index is 0.0362. The predicted molar refractivity (Wildman–Crippen MR) is 93.0 cm³/mol. The van der Waals surface area contributed by atoms with E-state index in [0.29, 0.717) is 25.3 Å². The summed E-state index contributed by atoms with van der Waals surface area (Å²) in [6.07, 6.45) is -0.709. The van der Waals surface area contributed by atoms with Crippen molar-refractivity contribution in [3.8, 4) is 5.75 Å². The molecule has 0 radical (unpaired) electrons. The van der Waals surface area contributed by atoms with Crippen LogP contribution in [-0.2, 0) is 0 Å². The van der Waals surface area contributed by atoms with Crippen LogP contribution in [0.1, 0.15) is 0 Å². The first-order chi connectivity index (χ1) is 12.1. The third-order valence-corrected chi connectivity index (χ3v) is 4.30. The predicted octanol–water partition coefficient (Wildman–Crippen LogP) is 2.53. The minimum atomic E-state index is -0.709. The topological polar surface area (TPSA) is 35.9 Å². The second-order valence-corrected chi connectivity index (χ2v) is 6.13. The molecule has 0 aliphatic carbocycles. The van der Waals surface area contributed by atoms with Gasteiger partial charge in [0.25, 0.3) is 0 Å². The normalized spacial score (nSPS) is 16.7. The Morgan fingerprint density at radius 3 is 2.24 bits per heavy atom. The van der Waals surface area contributed by atoms with E-state index in [2.05, 4.69) is 4.90 Å². The maximum atomic E-state index is 13.8. The van der Waals surface area contributed by atoms with Crippen molar-refractivity contribution in [1.29, 1.82) is 0 Å². The van der Waals surface area contributed by atoms with Crippen LogP contribution in [-0.4, -0.2) is 55.4 Å². The molecular weight excluding hydrogens is 326 g/mol. The summed E-state index contributed by atoms with van der Waals surface area (Å²) >= 11 is 0. The lowest BCUT2D eigenvalue weighted by Gasteiger charge is -2.36. The van der Waals surface area contributed by atoms with Crippen LogP contribution in [0, 0.1) is 11.6 Å². The summed E-state index contributed by atoms with van der Waals surface area (Å²) in [5.41, 5.74) is 0.616. The zero-order valence-corrected chi connectivity index (χ0v) is 13.9. The summed E-state index contributed by atoms with van der Waals surface area (Å²) in [5.74, 6) is -0.506. The largest absolute Gasteiger partial charge is 0.488 e. The number of nitrogens with zero attached hydrogens (tertiary/aromatic N) is 2. The molecule has 1 fully saturated rings. The molecule has 0 saturated carbocycles. The molecule has 1 unspecified atom stereocenters. The number of aliphatic hydroxyl groups is 1. The average Bonchev–Trinajstić information content (AvgIpc) is 2.62. The summed E-state index contributed by atoms with van der Waals surface area (Å²) in [7, 11) is 0. The maximum absolute atomic E-state index is 13.8. The van der Waals surface area contributed by atoms with Crippen LogP contribution in [0.25, 0.3) is 0 Å². The summed E-state index contributed by atoms with van der Waals surface area (Å²) in [6, 6.07) is 12.9. The molecule has 134 valence electrons. The first kappa shape index (κ1) is 17.6. The fraction of sp³-hybridized carbons (Fsp3) is 0.368. The van der Waals surface area contributed by atoms with Gasteiger partial charge in [0, 0.05) is 32.7 Å². The molecule has 1 aliphatic rings. The Hall–Kier alpha value is -2.18. The van der Waals surface area contributed by atoms with Crippen molar-refractivity contribution in [1.82, 2.24) is 4.90 Å². The van der Waals surface area contributed by atoms with Gasteiger partial charge in [-0.1, -0.05) is 24.3 Å². The Morgan fingerprint density at radius 1 is 0.920 bits per heavy atom. The van der Waals surface area contributed by atoms with Crippen molar-refractivity contribution < 1.29 is 18.6 Å². The number of piperazine rings is 1. The molecule has 1 N–H and O–H groups in total. The second kappa shape index (κ2) is 8.27. The molecule has 2 aromatic carbocycles. The van der Waals surface area contributed by atoms with E-state index < -0.39 is 11.9 Å². The molecule has 6 heteroatoms. The number of ether oxygens (including phenoxy) is 1. The molecule has 0 aromatic heterocycles. The van der Waals surface area contributed by atoms with Crippen LogP contribution in [0.4, 0.5) is 14.5 Å². The zero-order chi connectivity index (χ0) is 17.6. The fourth-order valence-electron chi connectivity index (χ4n) is 2.98. The van der Waals surface area contributed by atoms with Gasteiger partial charge in [-0.2, -0.15) is 0 Å². The van der Waals surface area contributed by atoms with Gasteiger partial charge in [-0.3, -0.25) is 4.90 Å². The molecule has 0 bridgehead atoms. The van der Waals surface area contributed by atoms with Gasteiger partial charge in [-0.15, -0.1) is 0 Å². The summed E-state index contributed by atoms with van der Waals surface area (Å²) in [5, 5.41) is 10.1. The first-order valence-electron chi connectivity index (χ1n) is 8.40. The molecule has 1 heterocycles. The van der Waals surface area contributed by atoms with Crippen LogP contribution in [0.2, 0.25) is 0 Å².